The molecule has 0 radical (unpaired) electrons. The third kappa shape index (κ3) is 6.45. The fourth-order valence-electron chi connectivity index (χ4n) is 1.67. The van der Waals surface area contributed by atoms with E-state index >= 15 is 0 Å². The number of ether oxygens (including phenoxy) is 2. The van der Waals surface area contributed by atoms with Crippen molar-refractivity contribution in [3.63, 3.8) is 0 Å². The van der Waals surface area contributed by atoms with Gasteiger partial charge in [0, 0.05) is 5.69 Å². The number of benzene rings is 1. The Morgan fingerprint density at radius 1 is 1.13 bits per heavy atom. The summed E-state index contributed by atoms with van der Waals surface area (Å²) in [6.07, 6.45) is -4.78. The molecular formula is C14H17F3N2O4. The number of hydrogen-bond donors (Lipinski definition) is 2. The molecule has 23 heavy (non-hydrogen) atoms. The van der Waals surface area contributed by atoms with E-state index in [4.69, 9.17) is 0 Å². The lowest BCUT2D eigenvalue weighted by Gasteiger charge is -2.20. The Balaban J connectivity index is 2.65. The van der Waals surface area contributed by atoms with Crippen molar-refractivity contribution in [2.45, 2.75) is 26.3 Å². The first-order valence-electron chi connectivity index (χ1n) is 6.63. The second-order valence-electron chi connectivity index (χ2n) is 4.92. The minimum Gasteiger partial charge on any atom is -0.467 e. The Kier molecular flexibility index (Phi) is 6.23. The molecule has 0 aromatic heterocycles. The maximum atomic E-state index is 12.0. The molecule has 0 aliphatic rings. The summed E-state index contributed by atoms with van der Waals surface area (Å²) in [5.74, 6) is -1.20. The average Bonchev–Trinajstić information content (AvgIpc) is 2.44. The molecule has 0 saturated carbocycles. The van der Waals surface area contributed by atoms with Gasteiger partial charge >= 0.3 is 18.4 Å². The van der Waals surface area contributed by atoms with E-state index in [0.29, 0.717) is 0 Å². The van der Waals surface area contributed by atoms with Gasteiger partial charge in [0.25, 0.3) is 0 Å². The van der Waals surface area contributed by atoms with Gasteiger partial charge in [-0.25, -0.2) is 9.59 Å². The van der Waals surface area contributed by atoms with Crippen LogP contribution in [0.3, 0.4) is 0 Å². The molecule has 0 spiro atoms. The molecule has 1 aromatic rings. The smallest absolute Gasteiger partial charge is 0.467 e. The number of esters is 1. The van der Waals surface area contributed by atoms with Gasteiger partial charge in [-0.05, 0) is 30.2 Å². The van der Waals surface area contributed by atoms with Gasteiger partial charge in [-0.15, -0.1) is 13.2 Å². The summed E-state index contributed by atoms with van der Waals surface area (Å²) < 4.78 is 44.4. The second kappa shape index (κ2) is 7.70. The molecule has 9 heteroatoms. The minimum atomic E-state index is -4.78. The van der Waals surface area contributed by atoms with Crippen LogP contribution in [0.1, 0.15) is 13.8 Å². The monoisotopic (exact) mass is 334 g/mol. The fourth-order valence-corrected chi connectivity index (χ4v) is 1.67. The van der Waals surface area contributed by atoms with Crippen LogP contribution < -0.4 is 15.4 Å². The van der Waals surface area contributed by atoms with Crippen molar-refractivity contribution in [3.8, 4) is 5.75 Å². The van der Waals surface area contributed by atoms with Crippen molar-refractivity contribution in [1.29, 1.82) is 0 Å². The lowest BCUT2D eigenvalue weighted by atomic mass is 10.1. The summed E-state index contributed by atoms with van der Waals surface area (Å²) >= 11 is 0. The van der Waals surface area contributed by atoms with Gasteiger partial charge in [-0.3, -0.25) is 0 Å². The molecule has 0 heterocycles. The Labute approximate surface area is 130 Å². The van der Waals surface area contributed by atoms with Gasteiger partial charge < -0.3 is 20.1 Å². The van der Waals surface area contributed by atoms with Crippen molar-refractivity contribution in [3.05, 3.63) is 24.3 Å². The number of urea groups is 1. The first-order valence-corrected chi connectivity index (χ1v) is 6.63. The summed E-state index contributed by atoms with van der Waals surface area (Å²) in [5.41, 5.74) is 0.240. The Hall–Kier alpha value is -2.45. The molecule has 0 aliphatic carbocycles. The van der Waals surface area contributed by atoms with Gasteiger partial charge in [-0.2, -0.15) is 0 Å². The summed E-state index contributed by atoms with van der Waals surface area (Å²) in [6, 6.07) is 3.07. The number of halogens is 3. The van der Waals surface area contributed by atoms with Gasteiger partial charge in [0.1, 0.15) is 11.8 Å². The van der Waals surface area contributed by atoms with Crippen LogP contribution in [0, 0.1) is 5.92 Å². The van der Waals surface area contributed by atoms with Gasteiger partial charge in [0.2, 0.25) is 0 Å². The highest BCUT2D eigenvalue weighted by Gasteiger charge is 2.31. The van der Waals surface area contributed by atoms with Crippen molar-refractivity contribution < 1.29 is 32.2 Å². The first-order chi connectivity index (χ1) is 10.6. The highest BCUT2D eigenvalue weighted by atomic mass is 19.4. The van der Waals surface area contributed by atoms with Crippen LogP contribution in [0.15, 0.2) is 24.3 Å². The molecule has 6 nitrogen and oxygen atoms in total. The van der Waals surface area contributed by atoms with Crippen LogP contribution in [0.2, 0.25) is 0 Å². The van der Waals surface area contributed by atoms with E-state index in [1.54, 1.807) is 13.8 Å². The molecule has 2 amide bonds. The summed E-state index contributed by atoms with van der Waals surface area (Å²) in [7, 11) is 1.21. The van der Waals surface area contributed by atoms with E-state index in [0.717, 1.165) is 12.1 Å². The number of carbonyl (C=O) groups excluding carboxylic acids is 2. The highest BCUT2D eigenvalue weighted by molar-refractivity contribution is 5.92. The van der Waals surface area contributed by atoms with E-state index in [1.165, 1.54) is 19.2 Å². The van der Waals surface area contributed by atoms with Crippen LogP contribution in [-0.4, -0.2) is 31.5 Å². The number of carbonyl (C=O) groups is 2. The van der Waals surface area contributed by atoms with Crippen molar-refractivity contribution in [2.75, 3.05) is 12.4 Å². The second-order valence-corrected chi connectivity index (χ2v) is 4.92. The number of amides is 2. The van der Waals surface area contributed by atoms with E-state index in [1.807, 2.05) is 0 Å². The number of alkyl halides is 3. The molecule has 0 saturated heterocycles. The van der Waals surface area contributed by atoms with E-state index in [9.17, 15) is 22.8 Å². The predicted octanol–water partition coefficient (Wildman–Crippen LogP) is 2.90. The normalized spacial score (nSPS) is 12.5. The third-order valence-corrected chi connectivity index (χ3v) is 2.75. The standard InChI is InChI=1S/C14H17F3N2O4/c1-8(2)11(12(20)22-3)19-13(21)18-9-4-6-10(7-5-9)23-14(15,16)17/h4-8,11H,1-3H3,(H2,18,19,21)/t11-/m1/s1. The Bertz CT molecular complexity index is 544. The molecule has 2 N–H and O–H groups in total. The van der Waals surface area contributed by atoms with Gasteiger partial charge in [0.15, 0.2) is 0 Å². The molecule has 128 valence electrons. The zero-order valence-corrected chi connectivity index (χ0v) is 12.7. The molecule has 1 rings (SSSR count). The lowest BCUT2D eigenvalue weighted by molar-refractivity contribution is -0.274. The average molecular weight is 334 g/mol. The molecule has 0 unspecified atom stereocenters. The summed E-state index contributed by atoms with van der Waals surface area (Å²) in [6.45, 7) is 3.45. The maximum absolute atomic E-state index is 12.0. The van der Waals surface area contributed by atoms with Crippen LogP contribution in [0.25, 0.3) is 0 Å². The minimum absolute atomic E-state index is 0.198. The van der Waals surface area contributed by atoms with E-state index in [2.05, 4.69) is 20.1 Å². The topological polar surface area (TPSA) is 76.7 Å². The number of anilines is 1. The van der Waals surface area contributed by atoms with Crippen molar-refractivity contribution in [1.82, 2.24) is 5.32 Å². The van der Waals surface area contributed by atoms with Crippen LogP contribution >= 0.6 is 0 Å². The Morgan fingerprint density at radius 2 is 1.70 bits per heavy atom. The molecular weight excluding hydrogens is 317 g/mol. The van der Waals surface area contributed by atoms with Gasteiger partial charge in [-0.1, -0.05) is 13.8 Å². The lowest BCUT2D eigenvalue weighted by Crippen LogP contribution is -2.46. The number of methoxy groups -OCH3 is 1. The predicted molar refractivity (Wildman–Crippen MR) is 75.9 cm³/mol. The summed E-state index contributed by atoms with van der Waals surface area (Å²) in [5, 5.41) is 4.83. The fraction of sp³-hybridized carbons (Fsp3) is 0.429. The number of rotatable bonds is 5. The molecule has 1 aromatic carbocycles. The quantitative estimate of drug-likeness (QED) is 0.812. The van der Waals surface area contributed by atoms with Gasteiger partial charge in [0.05, 0.1) is 7.11 Å². The summed E-state index contributed by atoms with van der Waals surface area (Å²) in [4.78, 5) is 23.4. The van der Waals surface area contributed by atoms with Crippen LogP contribution in [0.5, 0.6) is 5.75 Å². The molecule has 0 bridgehead atoms. The molecule has 1 atom stereocenters. The molecule has 0 fully saturated rings. The first kappa shape index (κ1) is 18.6. The number of nitrogens with one attached hydrogen (secondary N) is 2. The van der Waals surface area contributed by atoms with Crippen molar-refractivity contribution in [2.24, 2.45) is 5.92 Å². The number of hydrogen-bond acceptors (Lipinski definition) is 4. The third-order valence-electron chi connectivity index (χ3n) is 2.75. The van der Waals surface area contributed by atoms with E-state index < -0.39 is 30.2 Å². The zero-order chi connectivity index (χ0) is 17.6. The SMILES string of the molecule is COC(=O)[C@H](NC(=O)Nc1ccc(OC(F)(F)F)cc1)C(C)C. The molecule has 0 aliphatic heterocycles. The van der Waals surface area contributed by atoms with Crippen molar-refractivity contribution >= 4 is 17.7 Å². The highest BCUT2D eigenvalue weighted by Crippen LogP contribution is 2.23. The zero-order valence-electron chi connectivity index (χ0n) is 12.7. The van der Waals surface area contributed by atoms with Crippen LogP contribution in [-0.2, 0) is 9.53 Å². The van der Waals surface area contributed by atoms with Crippen LogP contribution in [0.4, 0.5) is 23.7 Å². The largest absolute Gasteiger partial charge is 0.573 e. The maximum Gasteiger partial charge on any atom is 0.573 e. The van der Waals surface area contributed by atoms with E-state index in [-0.39, 0.29) is 11.6 Å². The Morgan fingerprint density at radius 3 is 2.13 bits per heavy atom.